The molecule has 0 bridgehead atoms. The highest BCUT2D eigenvalue weighted by Crippen LogP contribution is 2.32. The fourth-order valence-electron chi connectivity index (χ4n) is 2.84. The van der Waals surface area contributed by atoms with Crippen molar-refractivity contribution < 1.29 is 23.0 Å². The average Bonchev–Trinajstić information content (AvgIpc) is 2.65. The van der Waals surface area contributed by atoms with E-state index in [9.17, 15) is 23.1 Å². The van der Waals surface area contributed by atoms with Gasteiger partial charge in [0.05, 0.1) is 5.52 Å². The van der Waals surface area contributed by atoms with Crippen molar-refractivity contribution in [3.63, 3.8) is 0 Å². The predicted molar refractivity (Wildman–Crippen MR) is 104 cm³/mol. The third kappa shape index (κ3) is 3.65. The largest absolute Gasteiger partial charge is 0.573 e. The van der Waals surface area contributed by atoms with E-state index in [0.29, 0.717) is 5.69 Å². The highest BCUT2D eigenvalue weighted by atomic mass is 32.1. The van der Waals surface area contributed by atoms with Gasteiger partial charge in [-0.05, 0) is 30.3 Å². The van der Waals surface area contributed by atoms with Crippen LogP contribution in [0, 0.1) is 0 Å². The number of pyridine rings is 1. The number of benzene rings is 2. The van der Waals surface area contributed by atoms with Crippen LogP contribution in [0.25, 0.3) is 10.9 Å². The molecular weight excluding hydrogens is 393 g/mol. The number of anilines is 1. The van der Waals surface area contributed by atoms with Crippen molar-refractivity contribution in [2.75, 3.05) is 11.9 Å². The Kier molecular flexibility index (Phi) is 5.03. The lowest BCUT2D eigenvalue weighted by Crippen LogP contribution is -2.33. The number of rotatable bonds is 3. The second-order valence-electron chi connectivity index (χ2n) is 6.01. The predicted octanol–water partition coefficient (Wildman–Crippen LogP) is 3.95. The molecule has 0 amide bonds. The normalized spacial score (nSPS) is 11.5. The number of nitrogens with zero attached hydrogens (tertiary/aromatic N) is 2. The standard InChI is InChI=1S/C19H15F3N2O3S/c1-23(11-6-4-3-5-7-11)18(28)15-16(25)13-10-12(27-19(20,21)22)8-9-14(13)24(2)17(15)26/h3-10,25H,1-2H3. The molecule has 0 aliphatic heterocycles. The minimum absolute atomic E-state index is 0.0164. The van der Waals surface area contributed by atoms with Crippen molar-refractivity contribution in [1.82, 2.24) is 4.57 Å². The zero-order chi connectivity index (χ0) is 20.6. The third-order valence-corrected chi connectivity index (χ3v) is 4.71. The molecule has 2 aromatic carbocycles. The summed E-state index contributed by atoms with van der Waals surface area (Å²) in [5.41, 5.74) is 0.178. The molecule has 0 aliphatic carbocycles. The first-order valence-electron chi connectivity index (χ1n) is 8.04. The van der Waals surface area contributed by atoms with Gasteiger partial charge in [-0.2, -0.15) is 0 Å². The molecule has 28 heavy (non-hydrogen) atoms. The Morgan fingerprint density at radius 2 is 1.82 bits per heavy atom. The fraction of sp³-hybridized carbons (Fsp3) is 0.158. The van der Waals surface area contributed by atoms with E-state index >= 15 is 0 Å². The van der Waals surface area contributed by atoms with Crippen molar-refractivity contribution in [3.8, 4) is 11.5 Å². The Morgan fingerprint density at radius 3 is 2.43 bits per heavy atom. The Morgan fingerprint density at radius 1 is 1.18 bits per heavy atom. The zero-order valence-corrected chi connectivity index (χ0v) is 15.6. The molecule has 0 spiro atoms. The van der Waals surface area contributed by atoms with Crippen LogP contribution < -0.4 is 15.2 Å². The van der Waals surface area contributed by atoms with Crippen LogP contribution in [0.4, 0.5) is 18.9 Å². The first-order chi connectivity index (χ1) is 13.1. The SMILES string of the molecule is CN(C(=S)c1c(O)c2cc(OC(F)(F)F)ccc2n(C)c1=O)c1ccccc1. The van der Waals surface area contributed by atoms with Crippen molar-refractivity contribution in [2.24, 2.45) is 7.05 Å². The molecule has 1 aromatic heterocycles. The molecule has 5 nitrogen and oxygen atoms in total. The lowest BCUT2D eigenvalue weighted by atomic mass is 10.1. The van der Waals surface area contributed by atoms with Gasteiger partial charge in [-0.15, -0.1) is 13.2 Å². The maximum absolute atomic E-state index is 12.8. The second-order valence-corrected chi connectivity index (χ2v) is 6.40. The molecule has 3 aromatic rings. The van der Waals surface area contributed by atoms with Gasteiger partial charge in [0.25, 0.3) is 5.56 Å². The van der Waals surface area contributed by atoms with Gasteiger partial charge in [0.1, 0.15) is 22.1 Å². The number of para-hydroxylation sites is 1. The number of fused-ring (bicyclic) bond motifs is 1. The van der Waals surface area contributed by atoms with Crippen LogP contribution in [0.5, 0.6) is 11.5 Å². The van der Waals surface area contributed by atoms with Gasteiger partial charge >= 0.3 is 6.36 Å². The summed E-state index contributed by atoms with van der Waals surface area (Å²) >= 11 is 5.38. The number of aromatic hydroxyl groups is 1. The summed E-state index contributed by atoms with van der Waals surface area (Å²) in [6.07, 6.45) is -4.88. The molecular formula is C19H15F3N2O3S. The first-order valence-corrected chi connectivity index (χ1v) is 8.45. The van der Waals surface area contributed by atoms with Crippen LogP contribution in [-0.4, -0.2) is 28.1 Å². The van der Waals surface area contributed by atoms with E-state index in [4.69, 9.17) is 12.2 Å². The van der Waals surface area contributed by atoms with E-state index in [0.717, 1.165) is 12.1 Å². The Hall–Kier alpha value is -3.07. The van der Waals surface area contributed by atoms with Gasteiger partial charge in [0.2, 0.25) is 0 Å². The Bertz CT molecular complexity index is 1110. The molecule has 1 N–H and O–H groups in total. The third-order valence-electron chi connectivity index (χ3n) is 4.24. The average molecular weight is 408 g/mol. The minimum atomic E-state index is -4.88. The summed E-state index contributed by atoms with van der Waals surface area (Å²) < 4.78 is 42.7. The number of halogens is 3. The monoisotopic (exact) mass is 408 g/mol. The van der Waals surface area contributed by atoms with Gasteiger partial charge in [-0.3, -0.25) is 4.79 Å². The van der Waals surface area contributed by atoms with E-state index in [1.54, 1.807) is 31.3 Å². The molecule has 0 fully saturated rings. The molecule has 0 aliphatic rings. The van der Waals surface area contributed by atoms with E-state index in [-0.39, 0.29) is 21.5 Å². The summed E-state index contributed by atoms with van der Waals surface area (Å²) in [5.74, 6) is -1.01. The highest BCUT2D eigenvalue weighted by molar-refractivity contribution is 7.81. The quantitative estimate of drug-likeness (QED) is 0.665. The summed E-state index contributed by atoms with van der Waals surface area (Å²) in [4.78, 5) is 14.3. The molecule has 146 valence electrons. The van der Waals surface area contributed by atoms with Crippen LogP contribution in [0.2, 0.25) is 0 Å². The Labute approximate surface area is 163 Å². The maximum Gasteiger partial charge on any atom is 0.573 e. The number of aromatic nitrogens is 1. The van der Waals surface area contributed by atoms with Crippen LogP contribution >= 0.6 is 12.2 Å². The number of thiocarbonyl (C=S) groups is 1. The van der Waals surface area contributed by atoms with Gasteiger partial charge < -0.3 is 19.3 Å². The van der Waals surface area contributed by atoms with Gasteiger partial charge in [0, 0.05) is 25.2 Å². The molecule has 0 radical (unpaired) electrons. The molecule has 0 saturated carbocycles. The van der Waals surface area contributed by atoms with Crippen LogP contribution in [-0.2, 0) is 7.05 Å². The van der Waals surface area contributed by atoms with Crippen LogP contribution in [0.15, 0.2) is 53.3 Å². The molecule has 9 heteroatoms. The molecule has 1 heterocycles. The molecule has 0 unspecified atom stereocenters. The van der Waals surface area contributed by atoms with Gasteiger partial charge in [-0.1, -0.05) is 30.4 Å². The number of aryl methyl sites for hydroxylation is 1. The lowest BCUT2D eigenvalue weighted by molar-refractivity contribution is -0.274. The van der Waals surface area contributed by atoms with E-state index in [1.165, 1.54) is 22.6 Å². The maximum atomic E-state index is 12.8. The van der Waals surface area contributed by atoms with Crippen molar-refractivity contribution in [2.45, 2.75) is 6.36 Å². The topological polar surface area (TPSA) is 54.7 Å². The number of ether oxygens (including phenoxy) is 1. The summed E-state index contributed by atoms with van der Waals surface area (Å²) in [7, 11) is 3.08. The summed E-state index contributed by atoms with van der Waals surface area (Å²) in [5, 5.41) is 10.7. The van der Waals surface area contributed by atoms with Crippen molar-refractivity contribution >= 4 is 33.8 Å². The highest BCUT2D eigenvalue weighted by Gasteiger charge is 2.31. The summed E-state index contributed by atoms with van der Waals surface area (Å²) in [6.45, 7) is 0. The number of alkyl halides is 3. The number of hydrogen-bond donors (Lipinski definition) is 1. The van der Waals surface area contributed by atoms with Crippen molar-refractivity contribution in [1.29, 1.82) is 0 Å². The smallest absolute Gasteiger partial charge is 0.506 e. The van der Waals surface area contributed by atoms with Crippen LogP contribution in [0.1, 0.15) is 5.56 Å². The van der Waals surface area contributed by atoms with E-state index in [2.05, 4.69) is 4.74 Å². The number of hydrogen-bond acceptors (Lipinski definition) is 4. The molecule has 3 rings (SSSR count). The zero-order valence-electron chi connectivity index (χ0n) is 14.8. The fourth-order valence-corrected chi connectivity index (χ4v) is 3.13. The lowest BCUT2D eigenvalue weighted by Gasteiger charge is -2.22. The summed E-state index contributed by atoms with van der Waals surface area (Å²) in [6, 6.07) is 12.3. The second kappa shape index (κ2) is 7.16. The molecule has 0 atom stereocenters. The Balaban J connectivity index is 2.17. The first kappa shape index (κ1) is 19.7. The van der Waals surface area contributed by atoms with Crippen molar-refractivity contribution in [3.05, 3.63) is 64.4 Å². The minimum Gasteiger partial charge on any atom is -0.506 e. The van der Waals surface area contributed by atoms with Gasteiger partial charge in [-0.25, -0.2) is 0 Å². The van der Waals surface area contributed by atoms with Gasteiger partial charge in [0.15, 0.2) is 0 Å². The molecule has 0 saturated heterocycles. The van der Waals surface area contributed by atoms with E-state index in [1.807, 2.05) is 6.07 Å². The van der Waals surface area contributed by atoms with Crippen LogP contribution in [0.3, 0.4) is 0 Å². The van der Waals surface area contributed by atoms with E-state index < -0.39 is 23.4 Å².